The van der Waals surface area contributed by atoms with E-state index in [9.17, 15) is 8.42 Å². The fourth-order valence-electron chi connectivity index (χ4n) is 2.95. The molecule has 3 rings (SSSR count). The van der Waals surface area contributed by atoms with Gasteiger partial charge in [0, 0.05) is 18.7 Å². The molecule has 0 saturated carbocycles. The first-order valence-electron chi connectivity index (χ1n) is 7.91. The van der Waals surface area contributed by atoms with Gasteiger partial charge in [-0.15, -0.1) is 0 Å². The third kappa shape index (κ3) is 3.06. The lowest BCUT2D eigenvalue weighted by atomic mass is 10.0. The normalized spacial score (nSPS) is 21.7. The molecule has 0 aliphatic carbocycles. The number of hydrogen-bond acceptors (Lipinski definition) is 3. The van der Waals surface area contributed by atoms with E-state index in [1.807, 2.05) is 26.0 Å². The van der Waals surface area contributed by atoms with Gasteiger partial charge in [0.1, 0.15) is 11.4 Å². The molecule has 2 aliphatic rings. The molecule has 1 aromatic rings. The second-order valence-electron chi connectivity index (χ2n) is 6.56. The van der Waals surface area contributed by atoms with E-state index in [1.54, 1.807) is 22.5 Å². The van der Waals surface area contributed by atoms with Crippen LogP contribution >= 0.6 is 0 Å². The largest absolute Gasteiger partial charge is 0.483 e. The smallest absolute Gasteiger partial charge is 0.243 e. The van der Waals surface area contributed by atoms with E-state index in [0.29, 0.717) is 18.0 Å². The molecule has 0 radical (unpaired) electrons. The summed E-state index contributed by atoms with van der Waals surface area (Å²) >= 11 is 0. The van der Waals surface area contributed by atoms with Crippen molar-refractivity contribution in [3.8, 4) is 5.75 Å². The maximum absolute atomic E-state index is 12.8. The lowest BCUT2D eigenvalue weighted by molar-refractivity contribution is 0.159. The van der Waals surface area contributed by atoms with Gasteiger partial charge in [-0.05, 0) is 51.0 Å². The number of ether oxygens (including phenoxy) is 1. The average molecular weight is 321 g/mol. The van der Waals surface area contributed by atoms with Gasteiger partial charge < -0.3 is 4.74 Å². The zero-order chi connectivity index (χ0) is 15.8. The molecule has 120 valence electrons. The van der Waals surface area contributed by atoms with Crippen LogP contribution in [-0.4, -0.2) is 31.4 Å². The van der Waals surface area contributed by atoms with Gasteiger partial charge in [-0.2, -0.15) is 4.31 Å². The summed E-state index contributed by atoms with van der Waals surface area (Å²) in [5.74, 6) is 0.738. The SMILES string of the molecule is CC1(C)C=Cc2cc(S(=O)(=O)N3CCCCCC3)ccc2O1. The molecule has 0 unspecified atom stereocenters. The summed E-state index contributed by atoms with van der Waals surface area (Å²) in [5, 5.41) is 0. The van der Waals surface area contributed by atoms with Crippen LogP contribution in [0, 0.1) is 0 Å². The molecular formula is C17H23NO3S. The van der Waals surface area contributed by atoms with Crippen LogP contribution in [0.2, 0.25) is 0 Å². The first kappa shape index (κ1) is 15.6. The first-order valence-corrected chi connectivity index (χ1v) is 9.35. The van der Waals surface area contributed by atoms with Crippen LogP contribution in [0.3, 0.4) is 0 Å². The topological polar surface area (TPSA) is 46.6 Å². The van der Waals surface area contributed by atoms with Crippen molar-refractivity contribution >= 4 is 16.1 Å². The minimum absolute atomic E-state index is 0.349. The molecule has 2 aliphatic heterocycles. The fourth-order valence-corrected chi connectivity index (χ4v) is 4.50. The highest BCUT2D eigenvalue weighted by atomic mass is 32.2. The van der Waals surface area contributed by atoms with Crippen LogP contribution in [0.25, 0.3) is 6.08 Å². The van der Waals surface area contributed by atoms with E-state index in [1.165, 1.54) is 0 Å². The third-order valence-electron chi connectivity index (χ3n) is 4.22. The molecule has 2 heterocycles. The number of hydrogen-bond donors (Lipinski definition) is 0. The van der Waals surface area contributed by atoms with Crippen LogP contribution in [0.15, 0.2) is 29.2 Å². The van der Waals surface area contributed by atoms with E-state index in [-0.39, 0.29) is 5.60 Å². The quantitative estimate of drug-likeness (QED) is 0.838. The zero-order valence-corrected chi connectivity index (χ0v) is 14.0. The predicted molar refractivity (Wildman–Crippen MR) is 87.4 cm³/mol. The number of nitrogens with zero attached hydrogens (tertiary/aromatic N) is 1. The third-order valence-corrected chi connectivity index (χ3v) is 6.12. The Morgan fingerprint density at radius 3 is 2.45 bits per heavy atom. The molecule has 1 aromatic carbocycles. The van der Waals surface area contributed by atoms with E-state index in [4.69, 9.17) is 4.74 Å². The summed E-state index contributed by atoms with van der Waals surface area (Å²) in [6.07, 6.45) is 8.02. The molecule has 0 amide bonds. The standard InChI is InChI=1S/C17H23NO3S/c1-17(2)10-9-14-13-15(7-8-16(14)21-17)22(19,20)18-11-5-3-4-6-12-18/h7-10,13H,3-6,11-12H2,1-2H3. The first-order chi connectivity index (χ1) is 10.4. The van der Waals surface area contributed by atoms with Crippen molar-refractivity contribution in [2.24, 2.45) is 0 Å². The van der Waals surface area contributed by atoms with Crippen molar-refractivity contribution in [1.82, 2.24) is 4.31 Å². The molecule has 22 heavy (non-hydrogen) atoms. The van der Waals surface area contributed by atoms with Crippen LogP contribution in [0.5, 0.6) is 5.75 Å². The van der Waals surface area contributed by atoms with Crippen molar-refractivity contribution in [3.63, 3.8) is 0 Å². The van der Waals surface area contributed by atoms with Crippen molar-refractivity contribution in [3.05, 3.63) is 29.8 Å². The molecular weight excluding hydrogens is 298 g/mol. The van der Waals surface area contributed by atoms with Crippen LogP contribution in [0.4, 0.5) is 0 Å². The van der Waals surface area contributed by atoms with Gasteiger partial charge in [-0.1, -0.05) is 18.9 Å². The molecule has 4 nitrogen and oxygen atoms in total. The van der Waals surface area contributed by atoms with Crippen molar-refractivity contribution in [2.75, 3.05) is 13.1 Å². The molecule has 1 fully saturated rings. The molecule has 0 atom stereocenters. The second-order valence-corrected chi connectivity index (χ2v) is 8.49. The number of rotatable bonds is 2. The Hall–Kier alpha value is -1.33. The molecule has 5 heteroatoms. The van der Waals surface area contributed by atoms with Gasteiger partial charge in [-0.25, -0.2) is 8.42 Å². The minimum Gasteiger partial charge on any atom is -0.483 e. The van der Waals surface area contributed by atoms with Gasteiger partial charge in [0.25, 0.3) is 0 Å². The molecule has 0 aromatic heterocycles. The summed E-state index contributed by atoms with van der Waals surface area (Å²) in [5.41, 5.74) is 0.480. The summed E-state index contributed by atoms with van der Waals surface area (Å²) in [7, 11) is -3.40. The summed E-state index contributed by atoms with van der Waals surface area (Å²) < 4.78 is 33.1. The van der Waals surface area contributed by atoms with Crippen LogP contribution < -0.4 is 4.74 Å². The number of sulfonamides is 1. The molecule has 0 N–H and O–H groups in total. The minimum atomic E-state index is -3.40. The lowest BCUT2D eigenvalue weighted by Crippen LogP contribution is -2.32. The van der Waals surface area contributed by atoms with E-state index in [2.05, 4.69) is 0 Å². The fraction of sp³-hybridized carbons (Fsp3) is 0.529. The predicted octanol–water partition coefficient (Wildman–Crippen LogP) is 3.44. The Balaban J connectivity index is 1.92. The number of fused-ring (bicyclic) bond motifs is 1. The Kier molecular flexibility index (Phi) is 4.03. The van der Waals surface area contributed by atoms with E-state index >= 15 is 0 Å². The van der Waals surface area contributed by atoms with Crippen molar-refractivity contribution < 1.29 is 13.2 Å². The van der Waals surface area contributed by atoms with Gasteiger partial charge in [-0.3, -0.25) is 0 Å². The zero-order valence-electron chi connectivity index (χ0n) is 13.2. The van der Waals surface area contributed by atoms with E-state index < -0.39 is 10.0 Å². The van der Waals surface area contributed by atoms with Crippen LogP contribution in [-0.2, 0) is 10.0 Å². The van der Waals surface area contributed by atoms with E-state index in [0.717, 1.165) is 37.0 Å². The van der Waals surface area contributed by atoms with Gasteiger partial charge in [0.05, 0.1) is 4.90 Å². The van der Waals surface area contributed by atoms with Crippen LogP contribution in [0.1, 0.15) is 45.1 Å². The van der Waals surface area contributed by atoms with Gasteiger partial charge in [0.2, 0.25) is 10.0 Å². The lowest BCUT2D eigenvalue weighted by Gasteiger charge is -2.28. The maximum Gasteiger partial charge on any atom is 0.243 e. The summed E-state index contributed by atoms with van der Waals surface area (Å²) in [6, 6.07) is 5.15. The van der Waals surface area contributed by atoms with Crippen molar-refractivity contribution in [2.45, 2.75) is 50.0 Å². The molecule has 0 bridgehead atoms. The highest BCUT2D eigenvalue weighted by molar-refractivity contribution is 7.89. The Bertz CT molecular complexity index is 684. The highest BCUT2D eigenvalue weighted by Crippen LogP contribution is 2.33. The Morgan fingerprint density at radius 2 is 1.77 bits per heavy atom. The second kappa shape index (κ2) is 5.70. The molecule has 0 spiro atoms. The monoisotopic (exact) mass is 321 g/mol. The Morgan fingerprint density at radius 1 is 1.09 bits per heavy atom. The Labute approximate surface area is 132 Å². The van der Waals surface area contributed by atoms with Gasteiger partial charge in [0.15, 0.2) is 0 Å². The van der Waals surface area contributed by atoms with Crippen molar-refractivity contribution in [1.29, 1.82) is 0 Å². The summed E-state index contributed by atoms with van der Waals surface area (Å²) in [6.45, 7) is 5.21. The average Bonchev–Trinajstić information content (AvgIpc) is 2.75. The number of benzene rings is 1. The van der Waals surface area contributed by atoms with Gasteiger partial charge >= 0.3 is 0 Å². The maximum atomic E-state index is 12.8. The molecule has 1 saturated heterocycles. The highest BCUT2D eigenvalue weighted by Gasteiger charge is 2.27. The summed E-state index contributed by atoms with van der Waals surface area (Å²) in [4.78, 5) is 0.362.